The molecule has 116 valence electrons. The van der Waals surface area contributed by atoms with Crippen LogP contribution in [0.1, 0.15) is 12.0 Å². The molecular formula is C14H21N3O4. The van der Waals surface area contributed by atoms with Crippen molar-refractivity contribution in [2.45, 2.75) is 12.8 Å². The molecule has 0 radical (unpaired) electrons. The maximum atomic E-state index is 11.4. The van der Waals surface area contributed by atoms with E-state index >= 15 is 0 Å². The molecule has 7 heteroatoms. The molecule has 0 spiro atoms. The van der Waals surface area contributed by atoms with Crippen molar-refractivity contribution in [3.05, 3.63) is 39.9 Å². The number of nitrogens with one attached hydrogen (secondary N) is 2. The van der Waals surface area contributed by atoms with Gasteiger partial charge in [-0.1, -0.05) is 18.2 Å². The van der Waals surface area contributed by atoms with Crippen LogP contribution in [0.2, 0.25) is 0 Å². The zero-order valence-corrected chi connectivity index (χ0v) is 12.1. The molecule has 0 aliphatic rings. The Morgan fingerprint density at radius 3 is 2.76 bits per heavy atom. The molecule has 0 heterocycles. The predicted octanol–water partition coefficient (Wildman–Crippen LogP) is 0.880. The fourth-order valence-corrected chi connectivity index (χ4v) is 1.83. The molecule has 0 atom stereocenters. The molecule has 0 saturated carbocycles. The molecule has 2 N–H and O–H groups in total. The van der Waals surface area contributed by atoms with Crippen LogP contribution >= 0.6 is 0 Å². The summed E-state index contributed by atoms with van der Waals surface area (Å²) < 4.78 is 4.83. The van der Waals surface area contributed by atoms with Crippen LogP contribution in [0.3, 0.4) is 0 Å². The van der Waals surface area contributed by atoms with E-state index < -0.39 is 0 Å². The van der Waals surface area contributed by atoms with Gasteiger partial charge in [-0.3, -0.25) is 14.9 Å². The second-order valence-electron chi connectivity index (χ2n) is 4.48. The van der Waals surface area contributed by atoms with Gasteiger partial charge in [0.2, 0.25) is 5.91 Å². The topological polar surface area (TPSA) is 93.5 Å². The molecule has 7 nitrogen and oxygen atoms in total. The highest BCUT2D eigenvalue weighted by molar-refractivity contribution is 5.76. The van der Waals surface area contributed by atoms with E-state index in [0.717, 1.165) is 0 Å². The first-order chi connectivity index (χ1) is 10.1. The number of nitrogens with zero attached hydrogens (tertiary/aromatic N) is 1. The number of hydrogen-bond donors (Lipinski definition) is 2. The van der Waals surface area contributed by atoms with Crippen LogP contribution in [0.4, 0.5) is 5.69 Å². The van der Waals surface area contributed by atoms with Crippen LogP contribution in [-0.2, 0) is 16.0 Å². The summed E-state index contributed by atoms with van der Waals surface area (Å²) in [4.78, 5) is 21.9. The Labute approximate surface area is 123 Å². The van der Waals surface area contributed by atoms with Crippen molar-refractivity contribution in [3.63, 3.8) is 0 Å². The van der Waals surface area contributed by atoms with Crippen LogP contribution in [0.25, 0.3) is 0 Å². The number of para-hydroxylation sites is 1. The van der Waals surface area contributed by atoms with E-state index in [1.165, 1.54) is 6.07 Å². The van der Waals surface area contributed by atoms with Gasteiger partial charge in [-0.05, 0) is 13.0 Å². The summed E-state index contributed by atoms with van der Waals surface area (Å²) in [6, 6.07) is 6.68. The molecule has 1 rings (SSSR count). The van der Waals surface area contributed by atoms with Crippen LogP contribution < -0.4 is 10.6 Å². The molecular weight excluding hydrogens is 274 g/mol. The fourth-order valence-electron chi connectivity index (χ4n) is 1.83. The van der Waals surface area contributed by atoms with Gasteiger partial charge in [-0.2, -0.15) is 0 Å². The second-order valence-corrected chi connectivity index (χ2v) is 4.48. The zero-order valence-electron chi connectivity index (χ0n) is 12.1. The third-order valence-corrected chi connectivity index (χ3v) is 2.92. The number of methoxy groups -OCH3 is 1. The molecule has 21 heavy (non-hydrogen) atoms. The van der Waals surface area contributed by atoms with E-state index in [-0.39, 0.29) is 16.5 Å². The van der Waals surface area contributed by atoms with E-state index in [9.17, 15) is 14.9 Å². The number of rotatable bonds is 10. The first kappa shape index (κ1) is 17.1. The lowest BCUT2D eigenvalue weighted by atomic mass is 10.1. The van der Waals surface area contributed by atoms with Crippen LogP contribution in [0.15, 0.2) is 24.3 Å². The predicted molar refractivity (Wildman–Crippen MR) is 79.2 cm³/mol. The SMILES string of the molecule is COCCNC(=O)CCNCCc1ccccc1[N+](=O)[O-]. The van der Waals surface area contributed by atoms with Crippen LogP contribution in [0.5, 0.6) is 0 Å². The van der Waals surface area contributed by atoms with Crippen molar-refractivity contribution in [2.24, 2.45) is 0 Å². The summed E-state index contributed by atoms with van der Waals surface area (Å²) >= 11 is 0. The van der Waals surface area contributed by atoms with Crippen molar-refractivity contribution >= 4 is 11.6 Å². The lowest BCUT2D eigenvalue weighted by Crippen LogP contribution is -2.30. The Kier molecular flexibility index (Phi) is 8.00. The number of hydrogen-bond acceptors (Lipinski definition) is 5. The average molecular weight is 295 g/mol. The summed E-state index contributed by atoms with van der Waals surface area (Å²) in [5, 5.41) is 16.7. The van der Waals surface area contributed by atoms with Gasteiger partial charge in [0.05, 0.1) is 11.5 Å². The van der Waals surface area contributed by atoms with Crippen molar-refractivity contribution < 1.29 is 14.5 Å². The minimum atomic E-state index is -0.376. The Balaban J connectivity index is 2.20. The normalized spacial score (nSPS) is 10.3. The molecule has 1 aromatic carbocycles. The first-order valence-electron chi connectivity index (χ1n) is 6.83. The number of amides is 1. The third kappa shape index (κ3) is 6.82. The molecule has 0 aliphatic heterocycles. The van der Waals surface area contributed by atoms with E-state index in [2.05, 4.69) is 10.6 Å². The first-order valence-corrected chi connectivity index (χ1v) is 6.83. The maximum absolute atomic E-state index is 11.4. The number of benzene rings is 1. The van der Waals surface area contributed by atoms with Crippen LogP contribution in [-0.4, -0.2) is 44.2 Å². The molecule has 0 saturated heterocycles. The summed E-state index contributed by atoms with van der Waals surface area (Å²) in [5.41, 5.74) is 0.830. The van der Waals surface area contributed by atoms with Crippen molar-refractivity contribution in [2.75, 3.05) is 33.4 Å². The van der Waals surface area contributed by atoms with Crippen molar-refractivity contribution in [1.82, 2.24) is 10.6 Å². The van der Waals surface area contributed by atoms with E-state index in [1.807, 2.05) is 0 Å². The Morgan fingerprint density at radius 2 is 2.05 bits per heavy atom. The number of nitro groups is 1. The second kappa shape index (κ2) is 9.84. The van der Waals surface area contributed by atoms with Gasteiger partial charge in [0.1, 0.15) is 0 Å². The molecule has 0 fully saturated rings. The van der Waals surface area contributed by atoms with Gasteiger partial charge in [0, 0.05) is 38.2 Å². The highest BCUT2D eigenvalue weighted by atomic mass is 16.6. The van der Waals surface area contributed by atoms with Gasteiger partial charge in [0.15, 0.2) is 0 Å². The Bertz CT molecular complexity index is 465. The molecule has 0 bridgehead atoms. The quantitative estimate of drug-likeness (QED) is 0.380. The van der Waals surface area contributed by atoms with Crippen molar-refractivity contribution in [3.8, 4) is 0 Å². The van der Waals surface area contributed by atoms with Gasteiger partial charge in [0.25, 0.3) is 5.69 Å². The van der Waals surface area contributed by atoms with E-state index in [0.29, 0.717) is 44.6 Å². The summed E-state index contributed by atoms with van der Waals surface area (Å²) in [7, 11) is 1.58. The molecule has 1 aromatic rings. The van der Waals surface area contributed by atoms with Crippen molar-refractivity contribution in [1.29, 1.82) is 0 Å². The number of carbonyl (C=O) groups excluding carboxylic acids is 1. The average Bonchev–Trinajstić information content (AvgIpc) is 2.47. The highest BCUT2D eigenvalue weighted by Gasteiger charge is 2.11. The summed E-state index contributed by atoms with van der Waals surface area (Å²) in [6.45, 7) is 2.14. The Morgan fingerprint density at radius 1 is 1.29 bits per heavy atom. The largest absolute Gasteiger partial charge is 0.383 e. The highest BCUT2D eigenvalue weighted by Crippen LogP contribution is 2.17. The lowest BCUT2D eigenvalue weighted by molar-refractivity contribution is -0.385. The number of carbonyl (C=O) groups is 1. The third-order valence-electron chi connectivity index (χ3n) is 2.92. The van der Waals surface area contributed by atoms with E-state index in [4.69, 9.17) is 4.74 Å². The summed E-state index contributed by atoms with van der Waals surface area (Å²) in [6.07, 6.45) is 0.934. The van der Waals surface area contributed by atoms with Gasteiger partial charge < -0.3 is 15.4 Å². The maximum Gasteiger partial charge on any atom is 0.272 e. The number of ether oxygens (including phenoxy) is 1. The standard InChI is InChI=1S/C14H21N3O4/c1-21-11-10-16-14(18)7-9-15-8-6-12-4-2-3-5-13(12)17(19)20/h2-5,15H,6-11H2,1H3,(H,16,18). The smallest absolute Gasteiger partial charge is 0.272 e. The molecule has 0 aliphatic carbocycles. The molecule has 1 amide bonds. The monoisotopic (exact) mass is 295 g/mol. The molecule has 0 unspecified atom stereocenters. The van der Waals surface area contributed by atoms with Gasteiger partial charge in [-0.15, -0.1) is 0 Å². The minimum absolute atomic E-state index is 0.0368. The molecule has 0 aromatic heterocycles. The van der Waals surface area contributed by atoms with Gasteiger partial charge in [-0.25, -0.2) is 0 Å². The Hall–Kier alpha value is -1.99. The zero-order chi connectivity index (χ0) is 15.5. The van der Waals surface area contributed by atoms with E-state index in [1.54, 1.807) is 25.3 Å². The summed E-state index contributed by atoms with van der Waals surface area (Å²) in [5.74, 6) is -0.0368. The lowest BCUT2D eigenvalue weighted by Gasteiger charge is -2.06. The fraction of sp³-hybridized carbons (Fsp3) is 0.500. The van der Waals surface area contributed by atoms with Crippen LogP contribution in [0, 0.1) is 10.1 Å². The minimum Gasteiger partial charge on any atom is -0.383 e. The van der Waals surface area contributed by atoms with Gasteiger partial charge >= 0.3 is 0 Å². The number of nitro benzene ring substituents is 1.